The van der Waals surface area contributed by atoms with Crippen LogP contribution in [0.1, 0.15) is 25.6 Å². The summed E-state index contributed by atoms with van der Waals surface area (Å²) in [5.41, 5.74) is 8.48. The first-order valence-corrected chi connectivity index (χ1v) is 8.08. The van der Waals surface area contributed by atoms with Gasteiger partial charge in [-0.25, -0.2) is 4.98 Å². The quantitative estimate of drug-likeness (QED) is 0.905. The molecular formula is C16H23ClN4S. The van der Waals surface area contributed by atoms with Crippen LogP contribution in [0.4, 0.5) is 16.5 Å². The average molecular weight is 339 g/mol. The summed E-state index contributed by atoms with van der Waals surface area (Å²) in [5, 5.41) is 0.645. The minimum atomic E-state index is 0. The highest BCUT2D eigenvalue weighted by Crippen LogP contribution is 2.37. The molecule has 0 bridgehead atoms. The Bertz CT molecular complexity index is 635. The van der Waals surface area contributed by atoms with Gasteiger partial charge in [0.05, 0.1) is 17.9 Å². The smallest absolute Gasteiger partial charge is 0.180 e. The van der Waals surface area contributed by atoms with E-state index in [9.17, 15) is 0 Å². The maximum Gasteiger partial charge on any atom is 0.180 e. The van der Waals surface area contributed by atoms with Crippen LogP contribution in [-0.4, -0.2) is 23.6 Å². The van der Waals surface area contributed by atoms with E-state index >= 15 is 0 Å². The molecule has 1 aliphatic rings. The Hall–Kier alpha value is -1.46. The maximum atomic E-state index is 5.74. The molecule has 0 atom stereocenters. The molecule has 0 unspecified atom stereocenters. The molecule has 1 aliphatic heterocycles. The number of halogens is 1. The molecular weight excluding hydrogens is 316 g/mol. The van der Waals surface area contributed by atoms with Crippen LogP contribution in [0, 0.1) is 0 Å². The molecule has 2 heterocycles. The van der Waals surface area contributed by atoms with Crippen molar-refractivity contribution in [3.8, 4) is 0 Å². The first-order valence-electron chi connectivity index (χ1n) is 7.27. The SMILES string of the molecule is CC(C)(C)N1CCN(Cc2cnc(N)s2)c2ccccc21.Cl. The zero-order valence-electron chi connectivity index (χ0n) is 13.2. The number of rotatable bonds is 2. The zero-order chi connectivity index (χ0) is 15.0. The molecule has 120 valence electrons. The van der Waals surface area contributed by atoms with Gasteiger partial charge in [0.2, 0.25) is 0 Å². The molecule has 6 heteroatoms. The standard InChI is InChI=1S/C16H22N4S.ClH/c1-16(2,3)20-9-8-19(11-12-10-18-15(17)21-12)13-6-4-5-7-14(13)20;/h4-7,10H,8-9,11H2,1-3H3,(H2,17,18);1H. The van der Waals surface area contributed by atoms with Crippen molar-refractivity contribution in [2.75, 3.05) is 28.6 Å². The van der Waals surface area contributed by atoms with E-state index in [1.54, 1.807) is 11.3 Å². The fraction of sp³-hybridized carbons (Fsp3) is 0.438. The third-order valence-electron chi connectivity index (χ3n) is 3.83. The number of nitrogens with two attached hydrogens (primary N) is 1. The van der Waals surface area contributed by atoms with Crippen molar-refractivity contribution in [2.24, 2.45) is 0 Å². The second-order valence-electron chi connectivity index (χ2n) is 6.40. The molecule has 1 aromatic heterocycles. The summed E-state index contributed by atoms with van der Waals surface area (Å²) < 4.78 is 0. The summed E-state index contributed by atoms with van der Waals surface area (Å²) in [6.07, 6.45) is 1.89. The first-order chi connectivity index (χ1) is 9.95. The van der Waals surface area contributed by atoms with E-state index in [1.165, 1.54) is 16.3 Å². The number of fused-ring (bicyclic) bond motifs is 1. The fourth-order valence-corrected chi connectivity index (χ4v) is 3.57. The lowest BCUT2D eigenvalue weighted by Gasteiger charge is -2.45. The summed E-state index contributed by atoms with van der Waals surface area (Å²) in [6, 6.07) is 8.65. The van der Waals surface area contributed by atoms with Crippen molar-refractivity contribution >= 4 is 40.3 Å². The average Bonchev–Trinajstić information content (AvgIpc) is 2.83. The highest BCUT2D eigenvalue weighted by atomic mass is 35.5. The van der Waals surface area contributed by atoms with Crippen LogP contribution >= 0.6 is 23.7 Å². The minimum Gasteiger partial charge on any atom is -0.375 e. The predicted molar refractivity (Wildman–Crippen MR) is 98.4 cm³/mol. The summed E-state index contributed by atoms with van der Waals surface area (Å²) in [7, 11) is 0. The van der Waals surface area contributed by atoms with Crippen LogP contribution in [0.2, 0.25) is 0 Å². The summed E-state index contributed by atoms with van der Waals surface area (Å²) in [6.45, 7) is 9.74. The number of aromatic nitrogens is 1. The lowest BCUT2D eigenvalue weighted by Crippen LogP contribution is -2.49. The zero-order valence-corrected chi connectivity index (χ0v) is 14.9. The molecule has 0 fully saturated rings. The van der Waals surface area contributed by atoms with Crippen molar-refractivity contribution in [2.45, 2.75) is 32.9 Å². The van der Waals surface area contributed by atoms with E-state index in [1.807, 2.05) is 6.20 Å². The van der Waals surface area contributed by atoms with Crippen molar-refractivity contribution in [3.05, 3.63) is 35.3 Å². The van der Waals surface area contributed by atoms with Gasteiger partial charge in [-0.3, -0.25) is 0 Å². The molecule has 2 N–H and O–H groups in total. The van der Waals surface area contributed by atoms with Crippen molar-refractivity contribution < 1.29 is 0 Å². The van der Waals surface area contributed by atoms with Gasteiger partial charge in [-0.2, -0.15) is 0 Å². The van der Waals surface area contributed by atoms with Crippen LogP contribution in [0.25, 0.3) is 0 Å². The van der Waals surface area contributed by atoms with Crippen LogP contribution in [-0.2, 0) is 6.54 Å². The van der Waals surface area contributed by atoms with Gasteiger partial charge in [0.25, 0.3) is 0 Å². The summed E-state index contributed by atoms with van der Waals surface area (Å²) in [4.78, 5) is 10.3. The molecule has 0 saturated heterocycles. The Morgan fingerprint density at radius 3 is 2.45 bits per heavy atom. The molecule has 1 aromatic carbocycles. The van der Waals surface area contributed by atoms with E-state index in [2.05, 4.69) is 59.8 Å². The molecule has 0 saturated carbocycles. The number of thiazole rings is 1. The van der Waals surface area contributed by atoms with Crippen molar-refractivity contribution in [3.63, 3.8) is 0 Å². The molecule has 3 rings (SSSR count). The Kier molecular flexibility index (Phi) is 4.87. The minimum absolute atomic E-state index is 0. The van der Waals surface area contributed by atoms with Crippen molar-refractivity contribution in [1.82, 2.24) is 4.98 Å². The predicted octanol–water partition coefficient (Wildman–Crippen LogP) is 3.77. The van der Waals surface area contributed by atoms with Gasteiger partial charge < -0.3 is 15.5 Å². The Balaban J connectivity index is 0.00000176. The monoisotopic (exact) mass is 338 g/mol. The van der Waals surface area contributed by atoms with Gasteiger partial charge in [0.15, 0.2) is 5.13 Å². The number of hydrogen-bond acceptors (Lipinski definition) is 5. The fourth-order valence-electron chi connectivity index (χ4n) is 2.87. The highest BCUT2D eigenvalue weighted by molar-refractivity contribution is 7.15. The topological polar surface area (TPSA) is 45.4 Å². The Labute approximate surface area is 142 Å². The van der Waals surface area contributed by atoms with Crippen LogP contribution in [0.15, 0.2) is 30.5 Å². The number of benzene rings is 1. The summed E-state index contributed by atoms with van der Waals surface area (Å²) >= 11 is 1.57. The van der Waals surface area contributed by atoms with Gasteiger partial charge >= 0.3 is 0 Å². The maximum absolute atomic E-state index is 5.74. The van der Waals surface area contributed by atoms with E-state index < -0.39 is 0 Å². The second kappa shape index (κ2) is 6.34. The molecule has 2 aromatic rings. The lowest BCUT2D eigenvalue weighted by atomic mass is 10.0. The Morgan fingerprint density at radius 1 is 1.18 bits per heavy atom. The number of hydrogen-bond donors (Lipinski definition) is 1. The number of anilines is 3. The molecule has 0 spiro atoms. The molecule has 0 aliphatic carbocycles. The highest BCUT2D eigenvalue weighted by Gasteiger charge is 2.29. The molecule has 0 radical (unpaired) electrons. The van der Waals surface area contributed by atoms with E-state index in [-0.39, 0.29) is 17.9 Å². The molecule has 22 heavy (non-hydrogen) atoms. The Morgan fingerprint density at radius 2 is 1.86 bits per heavy atom. The van der Waals surface area contributed by atoms with Gasteiger partial charge in [-0.1, -0.05) is 12.1 Å². The third kappa shape index (κ3) is 3.31. The van der Waals surface area contributed by atoms with Gasteiger partial charge in [0.1, 0.15) is 0 Å². The van der Waals surface area contributed by atoms with Crippen LogP contribution in [0.5, 0.6) is 0 Å². The summed E-state index contributed by atoms with van der Waals surface area (Å²) in [5.74, 6) is 0. The number of nitrogen functional groups attached to an aromatic ring is 1. The molecule has 4 nitrogen and oxygen atoms in total. The number of nitrogens with zero attached hydrogens (tertiary/aromatic N) is 3. The van der Waals surface area contributed by atoms with Gasteiger partial charge in [0, 0.05) is 29.7 Å². The molecule has 0 amide bonds. The first kappa shape index (κ1) is 16.9. The third-order valence-corrected chi connectivity index (χ3v) is 4.65. The van der Waals surface area contributed by atoms with E-state index in [0.29, 0.717) is 5.13 Å². The van der Waals surface area contributed by atoms with E-state index in [0.717, 1.165) is 19.6 Å². The van der Waals surface area contributed by atoms with Crippen LogP contribution < -0.4 is 15.5 Å². The van der Waals surface area contributed by atoms with E-state index in [4.69, 9.17) is 5.73 Å². The normalized spacial score (nSPS) is 14.5. The van der Waals surface area contributed by atoms with Gasteiger partial charge in [-0.05, 0) is 32.9 Å². The van der Waals surface area contributed by atoms with Crippen molar-refractivity contribution in [1.29, 1.82) is 0 Å². The second-order valence-corrected chi connectivity index (χ2v) is 7.54. The van der Waals surface area contributed by atoms with Crippen LogP contribution in [0.3, 0.4) is 0 Å². The van der Waals surface area contributed by atoms with Gasteiger partial charge in [-0.15, -0.1) is 23.7 Å². The largest absolute Gasteiger partial charge is 0.375 e. The lowest BCUT2D eigenvalue weighted by molar-refractivity contribution is 0.492. The number of para-hydroxylation sites is 2.